The lowest BCUT2D eigenvalue weighted by Gasteiger charge is -2.43. The standard InChI is InChI=1S/C22H27N5OS/c1-21(2,3)29(28)26-19-18-7-5-4-6-16(18)14-22(19)9-12-27(13-10-22)20-24-11-8-17(15-23)25-20/h4-8,11,19,26H,9-10,12-14H2,1-3H3/t19-,29?/m1/s1. The number of benzene rings is 1. The lowest BCUT2D eigenvalue weighted by atomic mass is 9.73. The summed E-state index contributed by atoms with van der Waals surface area (Å²) in [7, 11) is 0. The normalized spacial score (nSPS) is 21.6. The molecule has 0 saturated carbocycles. The Morgan fingerprint density at radius 3 is 2.66 bits per heavy atom. The maximum Gasteiger partial charge on any atom is 0.226 e. The first kappa shape index (κ1) is 20.1. The zero-order chi connectivity index (χ0) is 20.6. The summed E-state index contributed by atoms with van der Waals surface area (Å²) in [5.74, 6) is 0.622. The Balaban J connectivity index is 1.57. The molecule has 1 spiro atoms. The molecular weight excluding hydrogens is 382 g/mol. The number of hydrogen-bond donors (Lipinski definition) is 1. The summed E-state index contributed by atoms with van der Waals surface area (Å²) >= 11 is -1.14. The van der Waals surface area contributed by atoms with Gasteiger partial charge in [-0.25, -0.2) is 9.97 Å². The van der Waals surface area contributed by atoms with Crippen LogP contribution in [-0.4, -0.2) is 32.4 Å². The Kier molecular flexibility index (Phi) is 5.28. The third kappa shape index (κ3) is 3.85. The molecule has 2 aromatic rings. The summed E-state index contributed by atoms with van der Waals surface area (Å²) in [6, 6.07) is 12.3. The van der Waals surface area contributed by atoms with E-state index < -0.39 is 11.4 Å². The van der Waals surface area contributed by atoms with Crippen LogP contribution in [0.15, 0.2) is 36.5 Å². The van der Waals surface area contributed by atoms with E-state index in [0.717, 1.165) is 32.4 Å². The van der Waals surface area contributed by atoms with Crippen LogP contribution in [0.25, 0.3) is 0 Å². The van der Waals surface area contributed by atoms with Crippen molar-refractivity contribution in [3.63, 3.8) is 0 Å². The van der Waals surface area contributed by atoms with Crippen LogP contribution in [0.4, 0.5) is 5.95 Å². The van der Waals surface area contributed by atoms with Gasteiger partial charge < -0.3 is 9.45 Å². The maximum atomic E-state index is 13.0. The molecule has 1 unspecified atom stereocenters. The minimum atomic E-state index is -1.14. The van der Waals surface area contributed by atoms with Gasteiger partial charge in [0, 0.05) is 36.1 Å². The molecule has 1 aliphatic heterocycles. The van der Waals surface area contributed by atoms with Crippen LogP contribution in [0.5, 0.6) is 0 Å². The molecule has 0 radical (unpaired) electrons. The van der Waals surface area contributed by atoms with E-state index in [-0.39, 0.29) is 16.2 Å². The molecule has 1 N–H and O–H groups in total. The molecule has 1 fully saturated rings. The molecule has 0 bridgehead atoms. The second-order valence-electron chi connectivity index (χ2n) is 9.01. The third-order valence-corrected chi connectivity index (χ3v) is 7.66. The van der Waals surface area contributed by atoms with Crippen molar-refractivity contribution in [2.45, 2.75) is 50.8 Å². The first-order chi connectivity index (χ1) is 13.8. The number of nitriles is 1. The van der Waals surface area contributed by atoms with Gasteiger partial charge in [0.05, 0.1) is 6.04 Å². The fraction of sp³-hybridized carbons (Fsp3) is 0.500. The van der Waals surface area contributed by atoms with Crippen LogP contribution in [0, 0.1) is 16.7 Å². The lowest BCUT2D eigenvalue weighted by molar-refractivity contribution is 0.175. The summed E-state index contributed by atoms with van der Waals surface area (Å²) in [4.78, 5) is 10.9. The molecule has 0 amide bonds. The van der Waals surface area contributed by atoms with Crippen molar-refractivity contribution in [2.24, 2.45) is 5.41 Å². The van der Waals surface area contributed by atoms with Crippen molar-refractivity contribution in [1.82, 2.24) is 14.7 Å². The molecule has 1 aromatic carbocycles. The minimum absolute atomic E-state index is 0.0357. The average molecular weight is 410 g/mol. The molecule has 6 nitrogen and oxygen atoms in total. The number of nitrogens with one attached hydrogen (secondary N) is 1. The van der Waals surface area contributed by atoms with E-state index in [2.05, 4.69) is 49.9 Å². The highest BCUT2D eigenvalue weighted by atomic mass is 32.2. The zero-order valence-corrected chi connectivity index (χ0v) is 18.0. The van der Waals surface area contributed by atoms with Crippen LogP contribution in [0.3, 0.4) is 0 Å². The Morgan fingerprint density at radius 1 is 1.24 bits per heavy atom. The van der Waals surface area contributed by atoms with Crippen LogP contribution >= 0.6 is 0 Å². The first-order valence-electron chi connectivity index (χ1n) is 10.1. The number of anilines is 1. The summed E-state index contributed by atoms with van der Waals surface area (Å²) in [5, 5.41) is 9.12. The summed E-state index contributed by atoms with van der Waals surface area (Å²) in [5.41, 5.74) is 3.06. The Bertz CT molecular complexity index is 927. The van der Waals surface area contributed by atoms with Gasteiger partial charge in [0.1, 0.15) is 16.5 Å². The third-order valence-electron chi connectivity index (χ3n) is 6.10. The fourth-order valence-electron chi connectivity index (χ4n) is 4.44. The Morgan fingerprint density at radius 2 is 1.97 bits per heavy atom. The monoisotopic (exact) mass is 409 g/mol. The van der Waals surface area contributed by atoms with Crippen molar-refractivity contribution < 1.29 is 4.55 Å². The molecule has 152 valence electrons. The molecule has 2 atom stereocenters. The van der Waals surface area contributed by atoms with E-state index in [0.29, 0.717) is 11.6 Å². The molecule has 29 heavy (non-hydrogen) atoms. The largest absolute Gasteiger partial charge is 0.598 e. The van der Waals surface area contributed by atoms with Gasteiger partial charge in [0.25, 0.3) is 0 Å². The zero-order valence-electron chi connectivity index (χ0n) is 17.2. The lowest BCUT2D eigenvalue weighted by Crippen LogP contribution is -2.50. The highest BCUT2D eigenvalue weighted by Crippen LogP contribution is 2.52. The van der Waals surface area contributed by atoms with Crippen molar-refractivity contribution in [2.75, 3.05) is 18.0 Å². The van der Waals surface area contributed by atoms with Crippen LogP contribution in [-0.2, 0) is 17.8 Å². The number of nitrogens with zero attached hydrogens (tertiary/aromatic N) is 4. The van der Waals surface area contributed by atoms with Gasteiger partial charge in [-0.3, -0.25) is 0 Å². The van der Waals surface area contributed by atoms with Gasteiger partial charge in [-0.05, 0) is 57.2 Å². The molecule has 1 saturated heterocycles. The molecule has 2 aliphatic rings. The van der Waals surface area contributed by atoms with Crippen LogP contribution < -0.4 is 9.62 Å². The number of hydrogen-bond acceptors (Lipinski definition) is 6. The topological polar surface area (TPSA) is 87.9 Å². The van der Waals surface area contributed by atoms with Gasteiger partial charge in [-0.15, -0.1) is 4.72 Å². The Labute approximate surface area is 175 Å². The second kappa shape index (κ2) is 7.60. The van der Waals surface area contributed by atoms with E-state index in [1.807, 2.05) is 20.8 Å². The van der Waals surface area contributed by atoms with E-state index in [4.69, 9.17) is 5.26 Å². The van der Waals surface area contributed by atoms with Crippen LogP contribution in [0.2, 0.25) is 0 Å². The Hall–Kier alpha value is -2.14. The molecule has 4 rings (SSSR count). The van der Waals surface area contributed by atoms with Crippen molar-refractivity contribution >= 4 is 17.3 Å². The first-order valence-corrected chi connectivity index (χ1v) is 11.2. The van der Waals surface area contributed by atoms with Gasteiger partial charge in [-0.1, -0.05) is 24.3 Å². The molecule has 7 heteroatoms. The summed E-state index contributed by atoms with van der Waals surface area (Å²) in [6.07, 6.45) is 4.56. The van der Waals surface area contributed by atoms with Gasteiger partial charge in [0.15, 0.2) is 0 Å². The highest BCUT2D eigenvalue weighted by molar-refractivity contribution is 7.90. The maximum absolute atomic E-state index is 13.0. The van der Waals surface area contributed by atoms with Gasteiger partial charge >= 0.3 is 0 Å². The minimum Gasteiger partial charge on any atom is -0.598 e. The van der Waals surface area contributed by atoms with E-state index in [9.17, 15) is 4.55 Å². The predicted molar refractivity (Wildman–Crippen MR) is 115 cm³/mol. The summed E-state index contributed by atoms with van der Waals surface area (Å²) in [6.45, 7) is 7.66. The van der Waals surface area contributed by atoms with Crippen molar-refractivity contribution in [3.8, 4) is 6.07 Å². The predicted octanol–water partition coefficient (Wildman–Crippen LogP) is 3.28. The van der Waals surface area contributed by atoms with Gasteiger partial charge in [0.2, 0.25) is 5.95 Å². The van der Waals surface area contributed by atoms with Crippen LogP contribution in [0.1, 0.15) is 56.5 Å². The number of piperidine rings is 1. The molecular formula is C22H27N5OS. The quantitative estimate of drug-likeness (QED) is 0.783. The molecule has 1 aliphatic carbocycles. The smallest absolute Gasteiger partial charge is 0.226 e. The molecule has 1 aromatic heterocycles. The number of aromatic nitrogens is 2. The van der Waals surface area contributed by atoms with E-state index in [1.165, 1.54) is 11.1 Å². The second-order valence-corrected chi connectivity index (χ2v) is 11.0. The number of fused-ring (bicyclic) bond motifs is 1. The average Bonchev–Trinajstić information content (AvgIpc) is 3.01. The highest BCUT2D eigenvalue weighted by Gasteiger charge is 2.50. The van der Waals surface area contributed by atoms with Crippen molar-refractivity contribution in [1.29, 1.82) is 5.26 Å². The summed E-state index contributed by atoms with van der Waals surface area (Å²) < 4.78 is 16.1. The number of rotatable bonds is 3. The molecule has 2 heterocycles. The van der Waals surface area contributed by atoms with E-state index in [1.54, 1.807) is 12.3 Å². The van der Waals surface area contributed by atoms with Crippen molar-refractivity contribution in [3.05, 3.63) is 53.3 Å². The fourth-order valence-corrected chi connectivity index (χ4v) is 5.39. The van der Waals surface area contributed by atoms with Gasteiger partial charge in [-0.2, -0.15) is 5.26 Å². The van der Waals surface area contributed by atoms with E-state index >= 15 is 0 Å². The SMILES string of the molecule is CC(C)(C)[S+]([O-])N[C@@H]1c2ccccc2CC12CCN(c1nccc(C#N)n1)CC2.